The quantitative estimate of drug-likeness (QED) is 0.359. The van der Waals surface area contributed by atoms with Gasteiger partial charge in [-0.1, -0.05) is 41.4 Å². The van der Waals surface area contributed by atoms with Gasteiger partial charge in [0.05, 0.1) is 23.2 Å². The van der Waals surface area contributed by atoms with Gasteiger partial charge in [0.2, 0.25) is 0 Å². The summed E-state index contributed by atoms with van der Waals surface area (Å²) in [4.78, 5) is 52.0. The summed E-state index contributed by atoms with van der Waals surface area (Å²) in [6.07, 6.45) is -1.12. The highest BCUT2D eigenvalue weighted by Gasteiger charge is 2.36. The number of fused-ring (bicyclic) bond motifs is 1. The average molecular weight is 511 g/mol. The van der Waals surface area contributed by atoms with Gasteiger partial charge in [-0.3, -0.25) is 19.3 Å². The van der Waals surface area contributed by atoms with Crippen molar-refractivity contribution < 1.29 is 23.9 Å². The number of ether oxygens (including phenoxy) is 1. The zero-order valence-electron chi connectivity index (χ0n) is 18.8. The monoisotopic (exact) mass is 510 g/mol. The van der Waals surface area contributed by atoms with Gasteiger partial charge in [0.15, 0.2) is 6.10 Å². The van der Waals surface area contributed by atoms with E-state index in [2.05, 4.69) is 5.32 Å². The van der Waals surface area contributed by atoms with Gasteiger partial charge in [-0.2, -0.15) is 0 Å². The summed E-state index contributed by atoms with van der Waals surface area (Å²) < 4.78 is 5.29. The van der Waals surface area contributed by atoms with Crippen molar-refractivity contribution in [2.75, 3.05) is 5.32 Å². The molecule has 1 aliphatic heterocycles. The zero-order valence-corrected chi connectivity index (χ0v) is 20.3. The van der Waals surface area contributed by atoms with Gasteiger partial charge in [0.25, 0.3) is 17.7 Å². The van der Waals surface area contributed by atoms with Gasteiger partial charge in [-0.25, -0.2) is 4.79 Å². The van der Waals surface area contributed by atoms with E-state index in [1.807, 2.05) is 6.92 Å². The molecule has 178 valence electrons. The average Bonchev–Trinajstić information content (AvgIpc) is 3.07. The fraction of sp³-hybridized carbons (Fsp3) is 0.154. The predicted molar refractivity (Wildman–Crippen MR) is 132 cm³/mol. The van der Waals surface area contributed by atoms with Crippen molar-refractivity contribution in [3.8, 4) is 0 Å². The highest BCUT2D eigenvalue weighted by molar-refractivity contribution is 6.31. The third kappa shape index (κ3) is 5.21. The molecule has 0 aromatic heterocycles. The number of nitrogens with one attached hydrogen (secondary N) is 1. The second kappa shape index (κ2) is 9.90. The van der Waals surface area contributed by atoms with E-state index in [1.54, 1.807) is 42.5 Å². The molecule has 0 radical (unpaired) electrons. The molecule has 0 fully saturated rings. The van der Waals surface area contributed by atoms with E-state index in [0.717, 1.165) is 16.0 Å². The summed E-state index contributed by atoms with van der Waals surface area (Å²) in [6, 6.07) is 16.0. The number of esters is 1. The maximum atomic E-state index is 12.9. The fourth-order valence-corrected chi connectivity index (χ4v) is 3.88. The van der Waals surface area contributed by atoms with Crippen molar-refractivity contribution in [2.24, 2.45) is 0 Å². The van der Waals surface area contributed by atoms with Crippen molar-refractivity contribution in [3.63, 3.8) is 0 Å². The first-order valence-electron chi connectivity index (χ1n) is 10.7. The summed E-state index contributed by atoms with van der Waals surface area (Å²) in [5, 5.41) is 3.68. The summed E-state index contributed by atoms with van der Waals surface area (Å²) in [7, 11) is 0. The third-order valence-electron chi connectivity index (χ3n) is 5.57. The molecule has 0 bridgehead atoms. The maximum absolute atomic E-state index is 12.9. The molecular formula is C26H20Cl2N2O5. The number of hydrogen-bond donors (Lipinski definition) is 1. The van der Waals surface area contributed by atoms with Crippen LogP contribution in [0.25, 0.3) is 0 Å². The Morgan fingerprint density at radius 1 is 0.914 bits per heavy atom. The Kier molecular flexibility index (Phi) is 6.91. The van der Waals surface area contributed by atoms with Crippen molar-refractivity contribution >= 4 is 52.6 Å². The highest BCUT2D eigenvalue weighted by Crippen LogP contribution is 2.27. The normalized spacial score (nSPS) is 13.4. The lowest BCUT2D eigenvalue weighted by molar-refractivity contribution is -0.123. The highest BCUT2D eigenvalue weighted by atomic mass is 35.5. The number of carbonyl (C=O) groups excluding carboxylic acids is 4. The van der Waals surface area contributed by atoms with Crippen molar-refractivity contribution in [3.05, 3.63) is 98.5 Å². The molecule has 7 nitrogen and oxygen atoms in total. The lowest BCUT2D eigenvalue weighted by Gasteiger charge is -2.15. The van der Waals surface area contributed by atoms with Crippen LogP contribution in [0.1, 0.15) is 49.1 Å². The Hall–Kier alpha value is -3.68. The Labute approximate surface area is 211 Å². The number of benzene rings is 3. The van der Waals surface area contributed by atoms with E-state index >= 15 is 0 Å². The van der Waals surface area contributed by atoms with Gasteiger partial charge >= 0.3 is 5.97 Å². The van der Waals surface area contributed by atoms with Crippen molar-refractivity contribution in [1.82, 2.24) is 4.90 Å². The van der Waals surface area contributed by atoms with Crippen molar-refractivity contribution in [2.45, 2.75) is 26.5 Å². The summed E-state index contributed by atoms with van der Waals surface area (Å²) in [5.74, 6) is -2.30. The fourth-order valence-electron chi connectivity index (χ4n) is 3.58. The minimum Gasteiger partial charge on any atom is -0.449 e. The molecule has 1 aliphatic rings. The molecule has 9 heteroatoms. The number of nitrogens with zero attached hydrogens (tertiary/aromatic N) is 1. The van der Waals surface area contributed by atoms with Crippen LogP contribution in [0, 0.1) is 6.92 Å². The molecule has 1 unspecified atom stereocenters. The summed E-state index contributed by atoms with van der Waals surface area (Å²) >= 11 is 11.9. The van der Waals surface area contributed by atoms with Crippen LogP contribution in [0.4, 0.5) is 5.69 Å². The molecule has 0 saturated carbocycles. The second-order valence-electron chi connectivity index (χ2n) is 8.08. The smallest absolute Gasteiger partial charge is 0.338 e. The van der Waals surface area contributed by atoms with E-state index in [0.29, 0.717) is 15.7 Å². The van der Waals surface area contributed by atoms with Gasteiger partial charge in [-0.15, -0.1) is 0 Å². The second-order valence-corrected chi connectivity index (χ2v) is 8.95. The Balaban J connectivity index is 1.45. The number of imide groups is 1. The van der Waals surface area contributed by atoms with E-state index < -0.39 is 29.8 Å². The lowest BCUT2D eigenvalue weighted by Crippen LogP contribution is -2.30. The molecule has 3 amide bonds. The number of aryl methyl sites for hydroxylation is 1. The first kappa shape index (κ1) is 24.4. The van der Waals surface area contributed by atoms with E-state index in [-0.39, 0.29) is 23.2 Å². The number of amides is 3. The van der Waals surface area contributed by atoms with E-state index in [4.69, 9.17) is 27.9 Å². The van der Waals surface area contributed by atoms with Gasteiger partial charge in [-0.05, 0) is 67.4 Å². The predicted octanol–water partition coefficient (Wildman–Crippen LogP) is 5.28. The first-order chi connectivity index (χ1) is 16.6. The van der Waals surface area contributed by atoms with Crippen molar-refractivity contribution in [1.29, 1.82) is 0 Å². The number of halogens is 2. The largest absolute Gasteiger partial charge is 0.449 e. The van der Waals surface area contributed by atoms with Crippen LogP contribution in [0.3, 0.4) is 0 Å². The standard InChI is InChI=1S/C26H20Cl2N2O5/c1-14-3-7-19(28)12-22(14)29-23(31)15(2)35-26(34)17-6-10-20-21(11-17)25(33)30(24(20)32)13-16-4-8-18(27)9-5-16/h3-12,15H,13H2,1-2H3,(H,29,31). The Morgan fingerprint density at radius 3 is 2.29 bits per heavy atom. The minimum absolute atomic E-state index is 0.0526. The van der Waals surface area contributed by atoms with E-state index in [1.165, 1.54) is 25.1 Å². The topological polar surface area (TPSA) is 92.8 Å². The number of carbonyl (C=O) groups is 4. The molecule has 1 N–H and O–H groups in total. The van der Waals surface area contributed by atoms with Crippen LogP contribution in [0.2, 0.25) is 10.0 Å². The van der Waals surface area contributed by atoms with Crippen LogP contribution in [-0.4, -0.2) is 34.7 Å². The van der Waals surface area contributed by atoms with Crippen LogP contribution in [0.5, 0.6) is 0 Å². The summed E-state index contributed by atoms with van der Waals surface area (Å²) in [5.41, 5.74) is 2.39. The van der Waals surface area contributed by atoms with Gasteiger partial charge in [0.1, 0.15) is 0 Å². The minimum atomic E-state index is -1.12. The van der Waals surface area contributed by atoms with Gasteiger partial charge < -0.3 is 10.1 Å². The van der Waals surface area contributed by atoms with Crippen LogP contribution < -0.4 is 5.32 Å². The maximum Gasteiger partial charge on any atom is 0.338 e. The molecule has 1 heterocycles. The number of anilines is 1. The van der Waals surface area contributed by atoms with Crippen LogP contribution >= 0.6 is 23.2 Å². The molecule has 0 aliphatic carbocycles. The molecule has 3 aromatic rings. The van der Waals surface area contributed by atoms with E-state index in [9.17, 15) is 19.2 Å². The summed E-state index contributed by atoms with van der Waals surface area (Å²) in [6.45, 7) is 3.31. The molecule has 35 heavy (non-hydrogen) atoms. The molecule has 0 spiro atoms. The lowest BCUT2D eigenvalue weighted by atomic mass is 10.1. The molecular weight excluding hydrogens is 491 g/mol. The first-order valence-corrected chi connectivity index (χ1v) is 11.4. The third-order valence-corrected chi connectivity index (χ3v) is 6.06. The molecule has 1 atom stereocenters. The van der Waals surface area contributed by atoms with Crippen LogP contribution in [-0.2, 0) is 16.1 Å². The van der Waals surface area contributed by atoms with Gasteiger partial charge in [0, 0.05) is 15.7 Å². The Bertz CT molecular complexity index is 1350. The number of hydrogen-bond acceptors (Lipinski definition) is 5. The zero-order chi connectivity index (χ0) is 25.3. The molecule has 3 aromatic carbocycles. The molecule has 4 rings (SSSR count). The SMILES string of the molecule is Cc1ccc(Cl)cc1NC(=O)C(C)OC(=O)c1ccc2c(c1)C(=O)N(Cc1ccc(Cl)cc1)C2=O. The number of rotatable bonds is 6. The van der Waals surface area contributed by atoms with Crippen LogP contribution in [0.15, 0.2) is 60.7 Å². The molecule has 0 saturated heterocycles. The Morgan fingerprint density at radius 2 is 1.57 bits per heavy atom.